The minimum atomic E-state index is -2.11. The number of carbonyl (C=O) groups excluding carboxylic acids is 1. The Bertz CT molecular complexity index is 1300. The molecular formula is C32H55NO25. The van der Waals surface area contributed by atoms with Gasteiger partial charge in [-0.15, -0.1) is 0 Å². The number of aliphatic hydroxyl groups is 15. The molecule has 26 nitrogen and oxygen atoms in total. The molecule has 1 amide bonds. The molecule has 58 heavy (non-hydrogen) atoms. The zero-order valence-electron chi connectivity index (χ0n) is 31.1. The van der Waals surface area contributed by atoms with E-state index in [1.807, 2.05) is 0 Å². The van der Waals surface area contributed by atoms with Gasteiger partial charge in [-0.05, 0) is 6.92 Å². The van der Waals surface area contributed by atoms with Crippen molar-refractivity contribution >= 4 is 5.91 Å². The van der Waals surface area contributed by atoms with E-state index in [0.717, 1.165) is 6.92 Å². The van der Waals surface area contributed by atoms with E-state index < -0.39 is 186 Å². The number of rotatable bonds is 13. The number of nitrogens with one attached hydrogen (secondary N) is 1. The summed E-state index contributed by atoms with van der Waals surface area (Å²) >= 11 is 0. The van der Waals surface area contributed by atoms with Crippen molar-refractivity contribution in [2.24, 2.45) is 0 Å². The van der Waals surface area contributed by atoms with Gasteiger partial charge in [0.05, 0.1) is 32.5 Å². The fourth-order valence-corrected chi connectivity index (χ4v) is 7.37. The molecule has 338 valence electrons. The highest BCUT2D eigenvalue weighted by molar-refractivity contribution is 5.73. The van der Waals surface area contributed by atoms with Crippen molar-refractivity contribution in [2.75, 3.05) is 26.4 Å². The van der Waals surface area contributed by atoms with Crippen molar-refractivity contribution in [3.05, 3.63) is 0 Å². The Morgan fingerprint density at radius 3 is 1.40 bits per heavy atom. The van der Waals surface area contributed by atoms with Gasteiger partial charge in [-0.2, -0.15) is 0 Å². The Balaban J connectivity index is 1.46. The molecule has 5 heterocycles. The lowest BCUT2D eigenvalue weighted by molar-refractivity contribution is -0.390. The van der Waals surface area contributed by atoms with Crippen molar-refractivity contribution in [3.8, 4) is 0 Å². The number of hydrogen-bond donors (Lipinski definition) is 16. The van der Waals surface area contributed by atoms with E-state index in [9.17, 15) is 81.4 Å². The summed E-state index contributed by atoms with van der Waals surface area (Å²) in [6.07, 6.45) is -43.2. The first kappa shape index (κ1) is 47.6. The topological polar surface area (TPSA) is 416 Å². The summed E-state index contributed by atoms with van der Waals surface area (Å²) in [5, 5.41) is 159. The van der Waals surface area contributed by atoms with Gasteiger partial charge in [-0.3, -0.25) is 4.79 Å². The molecular weight excluding hydrogens is 798 g/mol. The Hall–Kier alpha value is -1.49. The Morgan fingerprint density at radius 2 is 0.845 bits per heavy atom. The van der Waals surface area contributed by atoms with Crippen LogP contribution < -0.4 is 5.32 Å². The molecule has 5 aliphatic heterocycles. The molecule has 0 radical (unpaired) electrons. The van der Waals surface area contributed by atoms with E-state index in [1.165, 1.54) is 6.92 Å². The van der Waals surface area contributed by atoms with Gasteiger partial charge in [0.2, 0.25) is 5.91 Å². The summed E-state index contributed by atoms with van der Waals surface area (Å²) in [5.74, 6) is -0.821. The average Bonchev–Trinajstić information content (AvgIpc) is 3.20. The average molecular weight is 854 g/mol. The Kier molecular flexibility index (Phi) is 16.5. The van der Waals surface area contributed by atoms with Crippen LogP contribution in [0.3, 0.4) is 0 Å². The first-order chi connectivity index (χ1) is 27.4. The van der Waals surface area contributed by atoms with Crippen LogP contribution in [0.5, 0.6) is 0 Å². The van der Waals surface area contributed by atoms with Crippen LogP contribution in [0, 0.1) is 0 Å². The first-order valence-electron chi connectivity index (χ1n) is 18.5. The summed E-state index contributed by atoms with van der Waals surface area (Å²) in [7, 11) is 0. The number of ether oxygens (including phenoxy) is 9. The summed E-state index contributed by atoms with van der Waals surface area (Å²) in [5.41, 5.74) is 0. The van der Waals surface area contributed by atoms with Crippen LogP contribution in [0.25, 0.3) is 0 Å². The molecule has 0 saturated carbocycles. The monoisotopic (exact) mass is 853 g/mol. The van der Waals surface area contributed by atoms with Crippen LogP contribution in [0.2, 0.25) is 0 Å². The van der Waals surface area contributed by atoms with Crippen LogP contribution >= 0.6 is 0 Å². The fourth-order valence-electron chi connectivity index (χ4n) is 7.37. The molecule has 26 heteroatoms. The van der Waals surface area contributed by atoms with Gasteiger partial charge in [0.25, 0.3) is 0 Å². The molecule has 0 aromatic rings. The highest BCUT2D eigenvalue weighted by atomic mass is 16.8. The molecule has 0 bridgehead atoms. The number of hydrogen-bond acceptors (Lipinski definition) is 25. The summed E-state index contributed by atoms with van der Waals surface area (Å²) in [6.45, 7) is -1.34. The van der Waals surface area contributed by atoms with Crippen molar-refractivity contribution in [3.63, 3.8) is 0 Å². The predicted molar refractivity (Wildman–Crippen MR) is 177 cm³/mol. The number of carbonyl (C=O) groups is 1. The van der Waals surface area contributed by atoms with Crippen LogP contribution in [0.15, 0.2) is 0 Å². The SMILES string of the molecule is CC(=O)N[C@H]1[C@H](O[C@@H]2[C@H](O)[C@@H](O)[C@H](O[C@H]3[C@H](O)[C@@H](O)[C@H](O)O[C@@H]3CO)O[C@@H]2CO)O[C@H](CO)[C@H](O[C@@H]2O[C@@H](C)[C@@H](O)[C@@H](O)[C@@H]2O)[C@@H]1O[C@@H]1O[C@H](CO)[C@H](O)[C@H](O)[C@H]1O. The quantitative estimate of drug-likeness (QED) is 0.0818. The van der Waals surface area contributed by atoms with Crippen LogP contribution in [0.1, 0.15) is 13.8 Å². The van der Waals surface area contributed by atoms with Crippen molar-refractivity contribution in [2.45, 2.75) is 167 Å². The molecule has 5 saturated heterocycles. The van der Waals surface area contributed by atoms with Crippen LogP contribution in [-0.2, 0) is 47.4 Å². The molecule has 0 unspecified atom stereocenters. The molecule has 0 aromatic heterocycles. The van der Waals surface area contributed by atoms with Crippen molar-refractivity contribution < 1.29 is 124 Å². The summed E-state index contributed by atoms with van der Waals surface area (Å²) in [6, 6.07) is -1.71. The summed E-state index contributed by atoms with van der Waals surface area (Å²) < 4.78 is 51.4. The predicted octanol–water partition coefficient (Wildman–Crippen LogP) is -10.8. The van der Waals surface area contributed by atoms with Gasteiger partial charge in [-0.1, -0.05) is 0 Å². The molecule has 0 aliphatic carbocycles. The van der Waals surface area contributed by atoms with Gasteiger partial charge in [0, 0.05) is 6.92 Å². The maximum Gasteiger partial charge on any atom is 0.217 e. The third kappa shape index (κ3) is 9.75. The van der Waals surface area contributed by atoms with E-state index in [4.69, 9.17) is 42.6 Å². The van der Waals surface area contributed by atoms with Gasteiger partial charge >= 0.3 is 0 Å². The third-order valence-corrected chi connectivity index (χ3v) is 10.7. The standard InChI is InChI=1S/C32H55NO25/c1-7-14(39)16(41)21(46)30(50-7)57-26-12(6-37)53-29(13(33-8(2)38)27(26)58-31-22(47)17(42)15(40)9(3-34)52-31)55-25-11(5-36)54-32(23(48)19(25)44)56-24-10(4-35)51-28(49)20(45)18(24)43/h7,9-32,34-37,39-49H,3-6H2,1-2H3,(H,33,38)/t7-,9+,10+,11+,12+,13+,14+,15-,16+,17-,18+,19+,20+,21-,22+,23+,24+,25-,26-,27+,28+,29-,30-,31-,32-/m0/s1. The Labute approximate surface area is 329 Å². The molecule has 0 aromatic carbocycles. The molecule has 0 spiro atoms. The fraction of sp³-hybridized carbons (Fsp3) is 0.969. The minimum absolute atomic E-state index is 0.821. The van der Waals surface area contributed by atoms with Gasteiger partial charge in [0.1, 0.15) is 116 Å². The van der Waals surface area contributed by atoms with E-state index in [-0.39, 0.29) is 0 Å². The van der Waals surface area contributed by atoms with Crippen molar-refractivity contribution in [1.82, 2.24) is 5.32 Å². The lowest BCUT2D eigenvalue weighted by atomic mass is 9.93. The molecule has 5 rings (SSSR count). The van der Waals surface area contributed by atoms with E-state index in [2.05, 4.69) is 5.32 Å². The lowest BCUT2D eigenvalue weighted by Gasteiger charge is -2.51. The van der Waals surface area contributed by atoms with Crippen molar-refractivity contribution in [1.29, 1.82) is 0 Å². The molecule has 5 fully saturated rings. The second-order valence-corrected chi connectivity index (χ2v) is 14.7. The first-order valence-corrected chi connectivity index (χ1v) is 18.5. The van der Waals surface area contributed by atoms with Crippen LogP contribution in [0.4, 0.5) is 0 Å². The lowest BCUT2D eigenvalue weighted by Crippen LogP contribution is -2.71. The van der Waals surface area contributed by atoms with E-state index in [1.54, 1.807) is 0 Å². The smallest absolute Gasteiger partial charge is 0.217 e. The zero-order chi connectivity index (χ0) is 42.9. The highest BCUT2D eigenvalue weighted by Crippen LogP contribution is 2.36. The Morgan fingerprint density at radius 1 is 0.448 bits per heavy atom. The minimum Gasteiger partial charge on any atom is -0.394 e. The second-order valence-electron chi connectivity index (χ2n) is 14.7. The molecule has 5 aliphatic rings. The van der Waals surface area contributed by atoms with Gasteiger partial charge < -0.3 is 125 Å². The second kappa shape index (κ2) is 20.1. The molecule has 16 N–H and O–H groups in total. The van der Waals surface area contributed by atoms with E-state index in [0.29, 0.717) is 0 Å². The highest BCUT2D eigenvalue weighted by Gasteiger charge is 2.57. The summed E-state index contributed by atoms with van der Waals surface area (Å²) in [4.78, 5) is 12.7. The largest absolute Gasteiger partial charge is 0.394 e. The van der Waals surface area contributed by atoms with Gasteiger partial charge in [0.15, 0.2) is 31.5 Å². The van der Waals surface area contributed by atoms with Gasteiger partial charge in [-0.25, -0.2) is 0 Å². The van der Waals surface area contributed by atoms with Crippen LogP contribution in [-0.4, -0.2) is 262 Å². The maximum absolute atomic E-state index is 12.7. The van der Waals surface area contributed by atoms with E-state index >= 15 is 0 Å². The maximum atomic E-state index is 12.7. The molecule has 25 atom stereocenters. The normalized spacial score (nSPS) is 51.6. The number of amides is 1. The number of aliphatic hydroxyl groups excluding tert-OH is 15. The zero-order valence-corrected chi connectivity index (χ0v) is 31.1. The third-order valence-electron chi connectivity index (χ3n) is 10.7.